The maximum absolute atomic E-state index is 12.5. The lowest BCUT2D eigenvalue weighted by atomic mass is 10.2. The maximum atomic E-state index is 12.5. The minimum atomic E-state index is -0.447. The highest BCUT2D eigenvalue weighted by Gasteiger charge is 2.10. The van der Waals surface area contributed by atoms with Gasteiger partial charge in [0.15, 0.2) is 5.82 Å². The van der Waals surface area contributed by atoms with E-state index < -0.39 is 5.91 Å². The molecule has 0 radical (unpaired) electrons. The van der Waals surface area contributed by atoms with Crippen molar-refractivity contribution < 1.29 is 19.0 Å². The number of amides is 1. The van der Waals surface area contributed by atoms with Gasteiger partial charge >= 0.3 is 0 Å². The number of ether oxygens (including phenoxy) is 3. The third kappa shape index (κ3) is 6.02. The maximum Gasteiger partial charge on any atom is 0.290 e. The smallest absolute Gasteiger partial charge is 0.290 e. The summed E-state index contributed by atoms with van der Waals surface area (Å²) in [6.07, 6.45) is 3.98. The number of hydrogen-bond acceptors (Lipinski definition) is 7. The van der Waals surface area contributed by atoms with Crippen molar-refractivity contribution in [3.05, 3.63) is 66.0 Å². The lowest BCUT2D eigenvalue weighted by Gasteiger charge is -2.06. The number of carbonyl (C=O) groups is 1. The molecule has 3 rings (SSSR count). The molecular weight excluding hydrogens is 396 g/mol. The summed E-state index contributed by atoms with van der Waals surface area (Å²) in [4.78, 5) is 21.0. The summed E-state index contributed by atoms with van der Waals surface area (Å²) in [5, 5.41) is 4.00. The molecule has 1 aromatic heterocycles. The zero-order chi connectivity index (χ0) is 22.1. The van der Waals surface area contributed by atoms with Gasteiger partial charge in [-0.15, -0.1) is 0 Å². The topological polar surface area (TPSA) is 94.9 Å². The molecule has 1 heterocycles. The van der Waals surface area contributed by atoms with E-state index in [1.54, 1.807) is 32.4 Å². The lowest BCUT2D eigenvalue weighted by molar-refractivity contribution is 0.0950. The summed E-state index contributed by atoms with van der Waals surface area (Å²) in [7, 11) is 3.13. The number of nitrogens with zero attached hydrogens (tertiary/aromatic N) is 3. The fourth-order valence-electron chi connectivity index (χ4n) is 2.67. The Balaban J connectivity index is 1.68. The van der Waals surface area contributed by atoms with Crippen molar-refractivity contribution in [2.45, 2.75) is 13.3 Å². The molecule has 0 aliphatic rings. The van der Waals surface area contributed by atoms with Crippen molar-refractivity contribution in [3.8, 4) is 28.6 Å². The Hall–Kier alpha value is -3.94. The van der Waals surface area contributed by atoms with Crippen LogP contribution in [0.15, 0.2) is 59.8 Å². The van der Waals surface area contributed by atoms with Gasteiger partial charge in [-0.2, -0.15) is 5.10 Å². The molecule has 0 atom stereocenters. The van der Waals surface area contributed by atoms with Gasteiger partial charge in [0.2, 0.25) is 0 Å². The number of rotatable bonds is 9. The molecule has 160 valence electrons. The molecule has 0 spiro atoms. The van der Waals surface area contributed by atoms with Gasteiger partial charge in [-0.05, 0) is 48.9 Å². The van der Waals surface area contributed by atoms with E-state index in [0.717, 1.165) is 17.7 Å². The normalized spacial score (nSPS) is 10.7. The van der Waals surface area contributed by atoms with Gasteiger partial charge in [-0.1, -0.05) is 6.92 Å². The van der Waals surface area contributed by atoms with Crippen LogP contribution in [-0.4, -0.2) is 42.9 Å². The zero-order valence-corrected chi connectivity index (χ0v) is 17.7. The summed E-state index contributed by atoms with van der Waals surface area (Å²) in [5.74, 6) is 2.02. The number of nitrogens with one attached hydrogen (secondary N) is 1. The van der Waals surface area contributed by atoms with Gasteiger partial charge in [0.05, 0.1) is 27.0 Å². The molecule has 31 heavy (non-hydrogen) atoms. The van der Waals surface area contributed by atoms with E-state index in [1.165, 1.54) is 18.5 Å². The van der Waals surface area contributed by atoms with Crippen LogP contribution in [0.3, 0.4) is 0 Å². The predicted molar refractivity (Wildman–Crippen MR) is 118 cm³/mol. The quantitative estimate of drug-likeness (QED) is 0.419. The van der Waals surface area contributed by atoms with Crippen LogP contribution >= 0.6 is 0 Å². The van der Waals surface area contributed by atoms with E-state index in [2.05, 4.69) is 27.4 Å². The molecule has 0 aliphatic carbocycles. The minimum Gasteiger partial charge on any atom is -0.497 e. The van der Waals surface area contributed by atoms with E-state index in [-0.39, 0.29) is 5.69 Å². The minimum absolute atomic E-state index is 0.205. The van der Waals surface area contributed by atoms with Crippen molar-refractivity contribution in [3.63, 3.8) is 0 Å². The highest BCUT2D eigenvalue weighted by molar-refractivity contribution is 5.93. The molecule has 0 saturated heterocycles. The third-order valence-electron chi connectivity index (χ3n) is 4.23. The fourth-order valence-corrected chi connectivity index (χ4v) is 2.67. The Morgan fingerprint density at radius 1 is 1.03 bits per heavy atom. The Kier molecular flexibility index (Phi) is 7.53. The van der Waals surface area contributed by atoms with Crippen molar-refractivity contribution in [2.24, 2.45) is 5.10 Å². The molecule has 0 bridgehead atoms. The van der Waals surface area contributed by atoms with Crippen LogP contribution in [0, 0.1) is 0 Å². The van der Waals surface area contributed by atoms with Gasteiger partial charge in [0, 0.05) is 23.4 Å². The molecule has 1 N–H and O–H groups in total. The molecule has 1 amide bonds. The molecule has 0 fully saturated rings. The average molecular weight is 420 g/mol. The molecular formula is C23H24N4O4. The lowest BCUT2D eigenvalue weighted by Crippen LogP contribution is -2.19. The largest absolute Gasteiger partial charge is 0.497 e. The van der Waals surface area contributed by atoms with Gasteiger partial charge in [0.1, 0.15) is 22.9 Å². The summed E-state index contributed by atoms with van der Waals surface area (Å²) >= 11 is 0. The van der Waals surface area contributed by atoms with Crippen LogP contribution in [0.5, 0.6) is 17.2 Å². The van der Waals surface area contributed by atoms with Crippen molar-refractivity contribution in [1.82, 2.24) is 15.4 Å². The van der Waals surface area contributed by atoms with Crippen LogP contribution in [0.25, 0.3) is 11.4 Å². The van der Waals surface area contributed by atoms with Crippen molar-refractivity contribution in [1.29, 1.82) is 0 Å². The molecule has 8 nitrogen and oxygen atoms in total. The number of carbonyl (C=O) groups excluding carboxylic acids is 1. The van der Waals surface area contributed by atoms with Crippen LogP contribution < -0.4 is 19.6 Å². The summed E-state index contributed by atoms with van der Waals surface area (Å²) in [6.45, 7) is 2.71. The molecule has 8 heteroatoms. The molecule has 2 aromatic carbocycles. The van der Waals surface area contributed by atoms with Gasteiger partial charge in [-0.3, -0.25) is 4.79 Å². The first-order chi connectivity index (χ1) is 15.1. The average Bonchev–Trinajstić information content (AvgIpc) is 2.82. The van der Waals surface area contributed by atoms with Gasteiger partial charge in [-0.25, -0.2) is 15.4 Å². The molecule has 3 aromatic rings. The summed E-state index contributed by atoms with van der Waals surface area (Å²) < 4.78 is 16.0. The first kappa shape index (κ1) is 21.8. The Morgan fingerprint density at radius 3 is 2.39 bits per heavy atom. The third-order valence-corrected chi connectivity index (χ3v) is 4.23. The van der Waals surface area contributed by atoms with Crippen LogP contribution in [0.4, 0.5) is 0 Å². The second-order valence-corrected chi connectivity index (χ2v) is 6.48. The highest BCUT2D eigenvalue weighted by atomic mass is 16.5. The fraction of sp³-hybridized carbons (Fsp3) is 0.217. The standard InChI is InChI=1S/C23H24N4O4/c1-4-11-31-18-7-5-17(6-8-18)22-24-10-9-21(26-22)23(28)27-25-15-16-12-19(29-2)14-20(13-16)30-3/h5-10,12-15H,4,11H2,1-3H3,(H,27,28)/b25-15+. The number of hydrazone groups is 1. The Bertz CT molecular complexity index is 1030. The summed E-state index contributed by atoms with van der Waals surface area (Å²) in [5.41, 5.74) is 4.17. The van der Waals surface area contributed by atoms with E-state index >= 15 is 0 Å². The first-order valence-electron chi connectivity index (χ1n) is 9.75. The zero-order valence-electron chi connectivity index (χ0n) is 17.7. The van der Waals surface area contributed by atoms with Crippen molar-refractivity contribution in [2.75, 3.05) is 20.8 Å². The predicted octanol–water partition coefficient (Wildman–Crippen LogP) is 3.71. The SMILES string of the molecule is CCCOc1ccc(-c2nccc(C(=O)N/N=C/c3cc(OC)cc(OC)c3)n2)cc1. The van der Waals surface area contributed by atoms with Gasteiger partial charge < -0.3 is 14.2 Å². The molecule has 0 aliphatic heterocycles. The van der Waals surface area contributed by atoms with E-state index in [4.69, 9.17) is 14.2 Å². The van der Waals surface area contributed by atoms with E-state index in [9.17, 15) is 4.79 Å². The number of aromatic nitrogens is 2. The second kappa shape index (κ2) is 10.7. The number of methoxy groups -OCH3 is 2. The van der Waals surface area contributed by atoms with Crippen LogP contribution in [-0.2, 0) is 0 Å². The second-order valence-electron chi connectivity index (χ2n) is 6.48. The Labute approximate surface area is 180 Å². The molecule has 0 saturated carbocycles. The van der Waals surface area contributed by atoms with Gasteiger partial charge in [0.25, 0.3) is 5.91 Å². The monoisotopic (exact) mass is 420 g/mol. The molecule has 0 unspecified atom stereocenters. The van der Waals surface area contributed by atoms with Crippen LogP contribution in [0.1, 0.15) is 29.4 Å². The van der Waals surface area contributed by atoms with Crippen LogP contribution in [0.2, 0.25) is 0 Å². The van der Waals surface area contributed by atoms with E-state index in [0.29, 0.717) is 29.5 Å². The number of benzene rings is 2. The Morgan fingerprint density at radius 2 is 1.74 bits per heavy atom. The van der Waals surface area contributed by atoms with E-state index in [1.807, 2.05) is 24.3 Å². The van der Waals surface area contributed by atoms with Crippen molar-refractivity contribution >= 4 is 12.1 Å². The number of hydrogen-bond donors (Lipinski definition) is 1. The first-order valence-corrected chi connectivity index (χ1v) is 9.75. The highest BCUT2D eigenvalue weighted by Crippen LogP contribution is 2.21. The summed E-state index contributed by atoms with van der Waals surface area (Å²) in [6, 6.07) is 14.3.